The first-order valence-electron chi connectivity index (χ1n) is 9.59. The molecule has 33 heavy (non-hydrogen) atoms. The Morgan fingerprint density at radius 3 is 2.52 bits per heavy atom. The van der Waals surface area contributed by atoms with Gasteiger partial charge in [-0.25, -0.2) is 0 Å². The first-order chi connectivity index (χ1) is 15.8. The summed E-state index contributed by atoms with van der Waals surface area (Å²) >= 11 is 0. The number of nitrogens with one attached hydrogen (secondary N) is 1. The SMILES string of the molecule is CC(OCC(F)(F)F)c1ccc(-c2nc(-c3nc(N)nc(Nc4ccccc4)n3)no2)cn1. The molecule has 3 aromatic heterocycles. The Bertz CT molecular complexity index is 1220. The lowest BCUT2D eigenvalue weighted by molar-refractivity contribution is -0.184. The zero-order valence-corrected chi connectivity index (χ0v) is 17.1. The molecule has 0 radical (unpaired) electrons. The van der Waals surface area contributed by atoms with Gasteiger partial charge in [0.15, 0.2) is 0 Å². The Morgan fingerprint density at radius 1 is 1.03 bits per heavy atom. The number of nitrogens with two attached hydrogens (primary N) is 1. The van der Waals surface area contributed by atoms with Crippen LogP contribution >= 0.6 is 0 Å². The monoisotopic (exact) mass is 458 g/mol. The van der Waals surface area contributed by atoms with Crippen LogP contribution in [0.25, 0.3) is 23.1 Å². The van der Waals surface area contributed by atoms with Crippen molar-refractivity contribution in [1.82, 2.24) is 30.1 Å². The van der Waals surface area contributed by atoms with Crippen molar-refractivity contribution >= 4 is 17.6 Å². The summed E-state index contributed by atoms with van der Waals surface area (Å²) in [6, 6.07) is 12.3. The fourth-order valence-corrected chi connectivity index (χ4v) is 2.71. The number of ether oxygens (including phenoxy) is 1. The van der Waals surface area contributed by atoms with E-state index in [0.717, 1.165) is 5.69 Å². The molecular weight excluding hydrogens is 441 g/mol. The van der Waals surface area contributed by atoms with Gasteiger partial charge in [-0.1, -0.05) is 23.4 Å². The lowest BCUT2D eigenvalue weighted by Gasteiger charge is -2.14. The maximum absolute atomic E-state index is 12.3. The fraction of sp³-hybridized carbons (Fsp3) is 0.200. The van der Waals surface area contributed by atoms with Crippen molar-refractivity contribution in [3.63, 3.8) is 0 Å². The number of halogens is 3. The average molecular weight is 458 g/mol. The van der Waals surface area contributed by atoms with E-state index in [2.05, 4.69) is 35.4 Å². The molecule has 0 aliphatic carbocycles. The number of nitrogens with zero attached hydrogens (tertiary/aromatic N) is 6. The topological polar surface area (TPSA) is 138 Å². The Morgan fingerprint density at radius 2 is 1.82 bits per heavy atom. The van der Waals surface area contributed by atoms with Gasteiger partial charge in [-0.2, -0.15) is 33.1 Å². The van der Waals surface area contributed by atoms with Gasteiger partial charge >= 0.3 is 6.18 Å². The standard InChI is InChI=1S/C20H17F3N8O2/c1-11(32-10-20(21,22)23)14-8-7-12(9-25-14)17-27-16(31-33-17)15-28-18(24)30-19(29-15)26-13-5-3-2-4-6-13/h2-9,11H,10H2,1H3,(H3,24,26,28,29,30). The summed E-state index contributed by atoms with van der Waals surface area (Å²) in [5.41, 5.74) is 7.31. The molecule has 10 nitrogen and oxygen atoms in total. The van der Waals surface area contributed by atoms with E-state index in [4.69, 9.17) is 15.0 Å². The summed E-state index contributed by atoms with van der Waals surface area (Å²) in [4.78, 5) is 20.7. The van der Waals surface area contributed by atoms with Gasteiger partial charge in [0.2, 0.25) is 23.5 Å². The second-order valence-corrected chi connectivity index (χ2v) is 6.80. The summed E-state index contributed by atoms with van der Waals surface area (Å²) in [6.07, 6.45) is -3.87. The van der Waals surface area contributed by atoms with Gasteiger partial charge in [0.25, 0.3) is 5.89 Å². The van der Waals surface area contributed by atoms with E-state index in [1.807, 2.05) is 30.3 Å². The first kappa shape index (κ1) is 22.1. The molecule has 1 aromatic carbocycles. The third-order valence-electron chi connectivity index (χ3n) is 4.26. The molecule has 0 aliphatic heterocycles. The van der Waals surface area contributed by atoms with Crippen molar-refractivity contribution in [2.24, 2.45) is 0 Å². The number of pyridine rings is 1. The quantitative estimate of drug-likeness (QED) is 0.419. The molecule has 0 fully saturated rings. The van der Waals surface area contributed by atoms with Crippen LogP contribution in [0.3, 0.4) is 0 Å². The van der Waals surface area contributed by atoms with Crippen LogP contribution in [0.15, 0.2) is 53.2 Å². The van der Waals surface area contributed by atoms with Crippen LogP contribution in [0.4, 0.5) is 30.8 Å². The van der Waals surface area contributed by atoms with Gasteiger partial charge in [-0.3, -0.25) is 4.98 Å². The minimum atomic E-state index is -4.41. The number of anilines is 3. The molecular formula is C20H17F3N8O2. The number of hydrogen-bond acceptors (Lipinski definition) is 10. The van der Waals surface area contributed by atoms with Crippen molar-refractivity contribution in [1.29, 1.82) is 0 Å². The van der Waals surface area contributed by atoms with Crippen LogP contribution < -0.4 is 11.1 Å². The predicted octanol–water partition coefficient (Wildman–Crippen LogP) is 3.95. The number of nitrogen functional groups attached to an aromatic ring is 1. The summed E-state index contributed by atoms with van der Waals surface area (Å²) < 4.78 is 47.0. The highest BCUT2D eigenvalue weighted by atomic mass is 19.4. The number of aromatic nitrogens is 6. The normalized spacial score (nSPS) is 12.5. The molecule has 4 rings (SSSR count). The van der Waals surface area contributed by atoms with Gasteiger partial charge in [0.1, 0.15) is 6.61 Å². The molecule has 3 heterocycles. The Labute approximate surface area is 185 Å². The summed E-state index contributed by atoms with van der Waals surface area (Å²) in [6.45, 7) is 0.117. The number of hydrogen-bond donors (Lipinski definition) is 2. The van der Waals surface area contributed by atoms with Crippen molar-refractivity contribution in [2.45, 2.75) is 19.2 Å². The second-order valence-electron chi connectivity index (χ2n) is 6.80. The Kier molecular flexibility index (Phi) is 6.13. The predicted molar refractivity (Wildman–Crippen MR) is 111 cm³/mol. The molecule has 3 N–H and O–H groups in total. The Hall–Kier alpha value is -4.13. The van der Waals surface area contributed by atoms with E-state index >= 15 is 0 Å². The third-order valence-corrected chi connectivity index (χ3v) is 4.26. The van der Waals surface area contributed by atoms with Crippen LogP contribution in [-0.2, 0) is 4.74 Å². The van der Waals surface area contributed by atoms with Crippen LogP contribution in [0.1, 0.15) is 18.7 Å². The molecule has 4 aromatic rings. The van der Waals surface area contributed by atoms with Gasteiger partial charge < -0.3 is 20.3 Å². The molecule has 1 atom stereocenters. The van der Waals surface area contributed by atoms with Gasteiger partial charge in [-0.15, -0.1) is 0 Å². The van der Waals surface area contributed by atoms with E-state index in [1.54, 1.807) is 6.07 Å². The maximum Gasteiger partial charge on any atom is 0.411 e. The second kappa shape index (κ2) is 9.16. The molecule has 0 spiro atoms. The van der Waals surface area contributed by atoms with E-state index in [1.165, 1.54) is 19.2 Å². The number of para-hydroxylation sites is 1. The van der Waals surface area contributed by atoms with Gasteiger partial charge in [0.05, 0.1) is 17.4 Å². The molecule has 0 saturated carbocycles. The van der Waals surface area contributed by atoms with E-state index in [0.29, 0.717) is 11.3 Å². The molecule has 0 saturated heterocycles. The zero-order valence-electron chi connectivity index (χ0n) is 17.1. The third kappa shape index (κ3) is 5.77. The first-order valence-corrected chi connectivity index (χ1v) is 9.59. The largest absolute Gasteiger partial charge is 0.411 e. The fourth-order valence-electron chi connectivity index (χ4n) is 2.71. The molecule has 0 amide bonds. The molecule has 0 aliphatic rings. The summed E-state index contributed by atoms with van der Waals surface area (Å²) in [5.74, 6) is 0.442. The van der Waals surface area contributed by atoms with E-state index in [9.17, 15) is 13.2 Å². The van der Waals surface area contributed by atoms with Crippen molar-refractivity contribution < 1.29 is 22.4 Å². The molecule has 0 bridgehead atoms. The lowest BCUT2D eigenvalue weighted by Crippen LogP contribution is -2.18. The Balaban J connectivity index is 1.50. The van der Waals surface area contributed by atoms with Gasteiger partial charge in [-0.05, 0) is 31.2 Å². The average Bonchev–Trinajstić information content (AvgIpc) is 3.28. The maximum atomic E-state index is 12.3. The number of benzene rings is 1. The molecule has 170 valence electrons. The minimum Gasteiger partial charge on any atom is -0.368 e. The highest BCUT2D eigenvalue weighted by Crippen LogP contribution is 2.25. The van der Waals surface area contributed by atoms with Crippen LogP contribution in [-0.4, -0.2) is 42.9 Å². The van der Waals surface area contributed by atoms with Crippen LogP contribution in [0.5, 0.6) is 0 Å². The summed E-state index contributed by atoms with van der Waals surface area (Å²) in [7, 11) is 0. The zero-order chi connectivity index (χ0) is 23.4. The van der Waals surface area contributed by atoms with Crippen molar-refractivity contribution in [2.75, 3.05) is 17.7 Å². The smallest absolute Gasteiger partial charge is 0.368 e. The highest BCUT2D eigenvalue weighted by molar-refractivity contribution is 5.58. The number of rotatable bonds is 7. The summed E-state index contributed by atoms with van der Waals surface area (Å²) in [5, 5.41) is 6.88. The van der Waals surface area contributed by atoms with Crippen LogP contribution in [0.2, 0.25) is 0 Å². The lowest BCUT2D eigenvalue weighted by atomic mass is 10.2. The minimum absolute atomic E-state index is 0.0383. The van der Waals surface area contributed by atoms with Crippen molar-refractivity contribution in [3.8, 4) is 23.1 Å². The molecule has 1 unspecified atom stereocenters. The van der Waals surface area contributed by atoms with Crippen molar-refractivity contribution in [3.05, 3.63) is 54.4 Å². The highest BCUT2D eigenvalue weighted by Gasteiger charge is 2.29. The van der Waals surface area contributed by atoms with E-state index in [-0.39, 0.29) is 29.4 Å². The number of alkyl halides is 3. The van der Waals surface area contributed by atoms with E-state index < -0.39 is 18.9 Å². The van der Waals surface area contributed by atoms with Gasteiger partial charge in [0, 0.05) is 11.9 Å². The molecule has 13 heteroatoms. The van der Waals surface area contributed by atoms with Crippen LogP contribution in [0, 0.1) is 0 Å².